The number of rotatable bonds is 6. The highest BCUT2D eigenvalue weighted by Gasteiger charge is 2.15. The molecule has 0 radical (unpaired) electrons. The van der Waals surface area contributed by atoms with Crippen molar-refractivity contribution in [3.63, 3.8) is 0 Å². The van der Waals surface area contributed by atoms with E-state index in [9.17, 15) is 18.4 Å². The van der Waals surface area contributed by atoms with E-state index in [1.807, 2.05) is 30.3 Å². The van der Waals surface area contributed by atoms with Crippen LogP contribution in [0.5, 0.6) is 0 Å². The molecule has 2 amide bonds. The molecule has 6 heteroatoms. The summed E-state index contributed by atoms with van der Waals surface area (Å²) in [6, 6.07) is 12.5. The van der Waals surface area contributed by atoms with Gasteiger partial charge in [-0.25, -0.2) is 8.78 Å². The number of hydrogen-bond donors (Lipinski definition) is 1. The first-order chi connectivity index (χ1) is 11.5. The molecule has 0 fully saturated rings. The van der Waals surface area contributed by atoms with Gasteiger partial charge in [-0.1, -0.05) is 30.3 Å². The predicted octanol–water partition coefficient (Wildman–Crippen LogP) is 2.99. The maximum Gasteiger partial charge on any atom is 0.244 e. The van der Waals surface area contributed by atoms with Gasteiger partial charge in [0.2, 0.25) is 11.8 Å². The average molecular weight is 332 g/mol. The van der Waals surface area contributed by atoms with Crippen LogP contribution in [-0.4, -0.2) is 29.8 Å². The molecular weight excluding hydrogens is 314 g/mol. The van der Waals surface area contributed by atoms with Crippen LogP contribution in [-0.2, 0) is 16.0 Å². The van der Waals surface area contributed by atoms with Gasteiger partial charge in [-0.15, -0.1) is 0 Å². The third kappa shape index (κ3) is 5.15. The molecule has 2 rings (SSSR count). The lowest BCUT2D eigenvalue weighted by atomic mass is 10.1. The molecule has 0 saturated carbocycles. The van der Waals surface area contributed by atoms with Crippen LogP contribution in [0.4, 0.5) is 14.5 Å². The van der Waals surface area contributed by atoms with Crippen molar-refractivity contribution < 1.29 is 18.4 Å². The fraction of sp³-hybridized carbons (Fsp3) is 0.222. The minimum absolute atomic E-state index is 0.118. The van der Waals surface area contributed by atoms with Crippen LogP contribution in [0, 0.1) is 11.6 Å². The van der Waals surface area contributed by atoms with Crippen molar-refractivity contribution in [3.05, 3.63) is 65.7 Å². The molecule has 0 aliphatic rings. The summed E-state index contributed by atoms with van der Waals surface area (Å²) in [4.78, 5) is 25.1. The normalized spacial score (nSPS) is 10.3. The lowest BCUT2D eigenvalue weighted by Gasteiger charge is -2.20. The van der Waals surface area contributed by atoms with Gasteiger partial charge in [-0.3, -0.25) is 9.59 Å². The van der Waals surface area contributed by atoms with Crippen LogP contribution < -0.4 is 5.32 Å². The second kappa shape index (κ2) is 8.19. The Bertz CT molecular complexity index is 720. The first-order valence-electron chi connectivity index (χ1n) is 7.50. The minimum Gasteiger partial charge on any atom is -0.333 e. The molecule has 2 aromatic rings. The van der Waals surface area contributed by atoms with E-state index in [0.717, 1.165) is 17.7 Å². The maximum atomic E-state index is 13.5. The van der Waals surface area contributed by atoms with E-state index in [1.54, 1.807) is 0 Å². The van der Waals surface area contributed by atoms with Gasteiger partial charge in [0.05, 0.1) is 12.2 Å². The molecular formula is C18H18F2N2O2. The Hall–Kier alpha value is -2.76. The highest BCUT2D eigenvalue weighted by molar-refractivity contribution is 5.94. The van der Waals surface area contributed by atoms with E-state index < -0.39 is 17.5 Å². The van der Waals surface area contributed by atoms with E-state index in [-0.39, 0.29) is 18.1 Å². The Labute approximate surface area is 139 Å². The van der Waals surface area contributed by atoms with Gasteiger partial charge in [0.25, 0.3) is 0 Å². The summed E-state index contributed by atoms with van der Waals surface area (Å²) in [5.74, 6) is -2.37. The number of benzene rings is 2. The molecule has 4 nitrogen and oxygen atoms in total. The number of carbonyl (C=O) groups is 2. The Morgan fingerprint density at radius 2 is 1.79 bits per heavy atom. The lowest BCUT2D eigenvalue weighted by molar-refractivity contribution is -0.132. The second-order valence-electron chi connectivity index (χ2n) is 5.35. The number of nitrogens with one attached hydrogen (secondary N) is 1. The largest absolute Gasteiger partial charge is 0.333 e. The number of anilines is 1. The number of carbonyl (C=O) groups excluding carboxylic acids is 2. The quantitative estimate of drug-likeness (QED) is 0.884. The number of hydrogen-bond acceptors (Lipinski definition) is 2. The van der Waals surface area contributed by atoms with Crippen molar-refractivity contribution in [2.24, 2.45) is 0 Å². The van der Waals surface area contributed by atoms with Crippen LogP contribution in [0.25, 0.3) is 0 Å². The van der Waals surface area contributed by atoms with Crippen LogP contribution in [0.15, 0.2) is 48.5 Å². The molecule has 0 aliphatic heterocycles. The molecule has 0 atom stereocenters. The van der Waals surface area contributed by atoms with Gasteiger partial charge in [0.15, 0.2) is 0 Å². The first-order valence-corrected chi connectivity index (χ1v) is 7.50. The highest BCUT2D eigenvalue weighted by Crippen LogP contribution is 2.14. The zero-order chi connectivity index (χ0) is 17.5. The Morgan fingerprint density at radius 1 is 1.08 bits per heavy atom. The van der Waals surface area contributed by atoms with Gasteiger partial charge in [-0.2, -0.15) is 0 Å². The van der Waals surface area contributed by atoms with Crippen molar-refractivity contribution in [2.45, 2.75) is 13.3 Å². The number of amides is 2. The van der Waals surface area contributed by atoms with Crippen LogP contribution in [0.3, 0.4) is 0 Å². The third-order valence-electron chi connectivity index (χ3n) is 3.50. The summed E-state index contributed by atoms with van der Waals surface area (Å²) in [5.41, 5.74) is 0.932. The number of halogens is 2. The van der Waals surface area contributed by atoms with Gasteiger partial charge in [0, 0.05) is 19.5 Å². The molecule has 2 aromatic carbocycles. The van der Waals surface area contributed by atoms with Crippen molar-refractivity contribution in [1.82, 2.24) is 4.90 Å². The summed E-state index contributed by atoms with van der Waals surface area (Å²) in [5, 5.41) is 2.35. The molecule has 0 saturated heterocycles. The molecule has 0 aliphatic carbocycles. The Kier molecular flexibility index (Phi) is 6.01. The molecule has 0 heterocycles. The summed E-state index contributed by atoms with van der Waals surface area (Å²) < 4.78 is 26.4. The van der Waals surface area contributed by atoms with Gasteiger partial charge >= 0.3 is 0 Å². The minimum atomic E-state index is -0.859. The van der Waals surface area contributed by atoms with E-state index in [0.29, 0.717) is 19.0 Å². The zero-order valence-corrected chi connectivity index (χ0v) is 13.3. The van der Waals surface area contributed by atoms with Gasteiger partial charge in [-0.05, 0) is 24.1 Å². The standard InChI is InChI=1S/C18H18F2N2O2/c1-13(23)22(10-9-14-5-3-2-4-6-14)12-18(24)21-17-8-7-15(19)11-16(17)20/h2-8,11H,9-10,12H2,1H3,(H,21,24). The summed E-state index contributed by atoms with van der Waals surface area (Å²) in [6.45, 7) is 1.55. The molecule has 0 unspecified atom stereocenters. The van der Waals surface area contributed by atoms with Crippen LogP contribution in [0.1, 0.15) is 12.5 Å². The smallest absolute Gasteiger partial charge is 0.244 e. The maximum absolute atomic E-state index is 13.5. The summed E-state index contributed by atoms with van der Waals surface area (Å²) >= 11 is 0. The summed E-state index contributed by atoms with van der Waals surface area (Å²) in [7, 11) is 0. The molecule has 24 heavy (non-hydrogen) atoms. The SMILES string of the molecule is CC(=O)N(CCc1ccccc1)CC(=O)Nc1ccc(F)cc1F. The second-order valence-corrected chi connectivity index (χ2v) is 5.35. The molecule has 0 aromatic heterocycles. The van der Waals surface area contributed by atoms with E-state index in [2.05, 4.69) is 5.32 Å². The van der Waals surface area contributed by atoms with Crippen LogP contribution in [0.2, 0.25) is 0 Å². The van der Waals surface area contributed by atoms with E-state index in [4.69, 9.17) is 0 Å². The van der Waals surface area contributed by atoms with Crippen molar-refractivity contribution in [1.29, 1.82) is 0 Å². The summed E-state index contributed by atoms with van der Waals surface area (Å²) in [6.07, 6.45) is 0.610. The monoisotopic (exact) mass is 332 g/mol. The number of nitrogens with zero attached hydrogens (tertiary/aromatic N) is 1. The predicted molar refractivity (Wildman–Crippen MR) is 87.4 cm³/mol. The van der Waals surface area contributed by atoms with E-state index >= 15 is 0 Å². The van der Waals surface area contributed by atoms with E-state index in [1.165, 1.54) is 11.8 Å². The fourth-order valence-electron chi connectivity index (χ4n) is 2.21. The van der Waals surface area contributed by atoms with Gasteiger partial charge in [0.1, 0.15) is 11.6 Å². The zero-order valence-electron chi connectivity index (χ0n) is 13.3. The van der Waals surface area contributed by atoms with Crippen LogP contribution >= 0.6 is 0 Å². The van der Waals surface area contributed by atoms with Crippen molar-refractivity contribution >= 4 is 17.5 Å². The third-order valence-corrected chi connectivity index (χ3v) is 3.50. The van der Waals surface area contributed by atoms with Gasteiger partial charge < -0.3 is 10.2 Å². The molecule has 126 valence electrons. The van der Waals surface area contributed by atoms with Crippen molar-refractivity contribution in [2.75, 3.05) is 18.4 Å². The Balaban J connectivity index is 1.94. The highest BCUT2D eigenvalue weighted by atomic mass is 19.1. The van der Waals surface area contributed by atoms with Crippen molar-refractivity contribution in [3.8, 4) is 0 Å². The Morgan fingerprint density at radius 3 is 2.42 bits per heavy atom. The molecule has 0 spiro atoms. The topological polar surface area (TPSA) is 49.4 Å². The average Bonchev–Trinajstić information content (AvgIpc) is 2.55. The fourth-order valence-corrected chi connectivity index (χ4v) is 2.21. The molecule has 0 bridgehead atoms. The lowest BCUT2D eigenvalue weighted by Crippen LogP contribution is -2.38. The molecule has 1 N–H and O–H groups in total. The first kappa shape index (κ1) is 17.6.